The molecular formula is C11H13N5O3. The minimum Gasteiger partial charge on any atom is -0.479 e. The molecule has 0 aliphatic carbocycles. The molecule has 1 aliphatic rings. The molecule has 0 spiro atoms. The molecule has 0 aromatic carbocycles. The van der Waals surface area contributed by atoms with Gasteiger partial charge in [-0.15, -0.1) is 10.2 Å². The first-order valence-electron chi connectivity index (χ1n) is 6.00. The highest BCUT2D eigenvalue weighted by Crippen LogP contribution is 2.20. The quantitative estimate of drug-likeness (QED) is 0.810. The number of aliphatic carboxylic acids is 1. The molecule has 2 N–H and O–H groups in total. The topological polar surface area (TPSA) is 102 Å². The molecule has 19 heavy (non-hydrogen) atoms. The number of aromatic nitrogens is 4. The molecule has 2 aromatic rings. The Kier molecular flexibility index (Phi) is 3.00. The Morgan fingerprint density at radius 2 is 2.47 bits per heavy atom. The van der Waals surface area contributed by atoms with Crippen molar-refractivity contribution in [2.45, 2.75) is 25.0 Å². The molecule has 1 aliphatic heterocycles. The maximum Gasteiger partial charge on any atom is 0.332 e. The summed E-state index contributed by atoms with van der Waals surface area (Å²) in [5.74, 6) is -0.289. The number of nitrogens with zero attached hydrogens (tertiary/aromatic N) is 4. The van der Waals surface area contributed by atoms with Gasteiger partial charge in [-0.1, -0.05) is 0 Å². The zero-order valence-corrected chi connectivity index (χ0v) is 10.1. The molecule has 2 atom stereocenters. The molecule has 2 aromatic heterocycles. The van der Waals surface area contributed by atoms with Crippen LogP contribution in [-0.4, -0.2) is 49.4 Å². The third-order valence-corrected chi connectivity index (χ3v) is 3.10. The average molecular weight is 263 g/mol. The van der Waals surface area contributed by atoms with Gasteiger partial charge in [0.15, 0.2) is 11.9 Å². The van der Waals surface area contributed by atoms with Crippen LogP contribution in [0.2, 0.25) is 0 Å². The molecule has 3 heterocycles. The lowest BCUT2D eigenvalue weighted by Gasteiger charge is -2.12. The van der Waals surface area contributed by atoms with Gasteiger partial charge >= 0.3 is 5.97 Å². The van der Waals surface area contributed by atoms with Gasteiger partial charge in [0.2, 0.25) is 5.65 Å². The SMILES string of the molecule is O=C(O)C1CCC(CNc2nccn3cnnc23)O1. The Morgan fingerprint density at radius 3 is 3.26 bits per heavy atom. The van der Waals surface area contributed by atoms with Crippen LogP contribution in [-0.2, 0) is 9.53 Å². The minimum absolute atomic E-state index is 0.119. The molecule has 0 saturated carbocycles. The highest BCUT2D eigenvalue weighted by molar-refractivity contribution is 5.72. The van der Waals surface area contributed by atoms with Crippen molar-refractivity contribution < 1.29 is 14.6 Å². The molecule has 3 rings (SSSR count). The van der Waals surface area contributed by atoms with Gasteiger partial charge in [-0.05, 0) is 12.8 Å². The molecule has 8 nitrogen and oxygen atoms in total. The van der Waals surface area contributed by atoms with Crippen molar-refractivity contribution >= 4 is 17.4 Å². The Balaban J connectivity index is 1.64. The van der Waals surface area contributed by atoms with Crippen molar-refractivity contribution in [3.63, 3.8) is 0 Å². The van der Waals surface area contributed by atoms with Crippen LogP contribution in [0, 0.1) is 0 Å². The van der Waals surface area contributed by atoms with E-state index in [1.807, 2.05) is 0 Å². The zero-order valence-electron chi connectivity index (χ0n) is 10.1. The standard InChI is InChI=1S/C11H13N5O3/c17-11(18)8-2-1-7(19-8)5-13-9-10-15-14-6-16(10)4-3-12-9/h3-4,6-8H,1-2,5H2,(H,12,13)(H,17,18). The normalized spacial score (nSPS) is 22.7. The van der Waals surface area contributed by atoms with Gasteiger partial charge in [-0.2, -0.15) is 0 Å². The van der Waals surface area contributed by atoms with Crippen LogP contribution < -0.4 is 5.32 Å². The van der Waals surface area contributed by atoms with Crippen LogP contribution in [0.5, 0.6) is 0 Å². The van der Waals surface area contributed by atoms with E-state index in [1.54, 1.807) is 23.1 Å². The van der Waals surface area contributed by atoms with E-state index in [0.29, 0.717) is 24.4 Å². The number of fused-ring (bicyclic) bond motifs is 1. The summed E-state index contributed by atoms with van der Waals surface area (Å²) in [5, 5.41) is 19.7. The number of rotatable bonds is 4. The summed E-state index contributed by atoms with van der Waals surface area (Å²) in [6.45, 7) is 0.503. The summed E-state index contributed by atoms with van der Waals surface area (Å²) >= 11 is 0. The van der Waals surface area contributed by atoms with Gasteiger partial charge in [0, 0.05) is 18.9 Å². The molecular weight excluding hydrogens is 250 g/mol. The number of nitrogens with one attached hydrogen (secondary N) is 1. The number of ether oxygens (including phenoxy) is 1. The van der Waals surface area contributed by atoms with Crippen molar-refractivity contribution in [3.8, 4) is 0 Å². The largest absolute Gasteiger partial charge is 0.479 e. The van der Waals surface area contributed by atoms with Gasteiger partial charge in [-0.25, -0.2) is 9.78 Å². The zero-order chi connectivity index (χ0) is 13.2. The summed E-state index contributed by atoms with van der Waals surface area (Å²) in [7, 11) is 0. The summed E-state index contributed by atoms with van der Waals surface area (Å²) in [4.78, 5) is 15.0. The van der Waals surface area contributed by atoms with Crippen LogP contribution in [0.25, 0.3) is 5.65 Å². The van der Waals surface area contributed by atoms with Gasteiger partial charge in [0.1, 0.15) is 6.33 Å². The third kappa shape index (κ3) is 2.34. The minimum atomic E-state index is -0.903. The second-order valence-electron chi connectivity index (χ2n) is 4.38. The van der Waals surface area contributed by atoms with Crippen LogP contribution in [0.4, 0.5) is 5.82 Å². The first kappa shape index (κ1) is 11.8. The lowest BCUT2D eigenvalue weighted by molar-refractivity contribution is -0.149. The maximum atomic E-state index is 10.8. The molecule has 2 unspecified atom stereocenters. The van der Waals surface area contributed by atoms with Gasteiger partial charge in [0.05, 0.1) is 6.10 Å². The molecule has 1 saturated heterocycles. The second kappa shape index (κ2) is 4.81. The van der Waals surface area contributed by atoms with E-state index in [4.69, 9.17) is 9.84 Å². The molecule has 0 amide bonds. The fourth-order valence-corrected chi connectivity index (χ4v) is 2.13. The Labute approximate surface area is 108 Å². The fourth-order valence-electron chi connectivity index (χ4n) is 2.13. The first-order chi connectivity index (χ1) is 9.24. The average Bonchev–Trinajstić information content (AvgIpc) is 3.05. The highest BCUT2D eigenvalue weighted by atomic mass is 16.5. The van der Waals surface area contributed by atoms with E-state index in [1.165, 1.54) is 0 Å². The van der Waals surface area contributed by atoms with Crippen LogP contribution in [0.1, 0.15) is 12.8 Å². The van der Waals surface area contributed by atoms with E-state index >= 15 is 0 Å². The molecule has 0 bridgehead atoms. The Bertz CT molecular complexity index is 599. The molecule has 1 fully saturated rings. The molecule has 0 radical (unpaired) electrons. The van der Waals surface area contributed by atoms with Crippen molar-refractivity contribution in [1.82, 2.24) is 19.6 Å². The Morgan fingerprint density at radius 1 is 1.58 bits per heavy atom. The molecule has 8 heteroatoms. The number of hydrogen-bond donors (Lipinski definition) is 2. The highest BCUT2D eigenvalue weighted by Gasteiger charge is 2.30. The maximum absolute atomic E-state index is 10.8. The number of carboxylic acid groups (broad SMARTS) is 1. The van der Waals surface area contributed by atoms with E-state index in [0.717, 1.165) is 6.42 Å². The summed E-state index contributed by atoms with van der Waals surface area (Å²) in [6.07, 6.45) is 5.45. The van der Waals surface area contributed by atoms with E-state index in [9.17, 15) is 4.79 Å². The van der Waals surface area contributed by atoms with Gasteiger partial charge in [0.25, 0.3) is 0 Å². The van der Waals surface area contributed by atoms with E-state index < -0.39 is 12.1 Å². The number of carboxylic acids is 1. The first-order valence-corrected chi connectivity index (χ1v) is 6.00. The van der Waals surface area contributed by atoms with E-state index in [2.05, 4.69) is 20.5 Å². The monoisotopic (exact) mass is 263 g/mol. The fraction of sp³-hybridized carbons (Fsp3) is 0.455. The summed E-state index contributed by atoms with van der Waals surface area (Å²) < 4.78 is 7.16. The predicted molar refractivity (Wildman–Crippen MR) is 64.8 cm³/mol. The van der Waals surface area contributed by atoms with Crippen LogP contribution >= 0.6 is 0 Å². The second-order valence-corrected chi connectivity index (χ2v) is 4.38. The number of anilines is 1. The van der Waals surface area contributed by atoms with Crippen molar-refractivity contribution in [2.24, 2.45) is 0 Å². The predicted octanol–water partition coefficient (Wildman–Crippen LogP) is 0.168. The van der Waals surface area contributed by atoms with Gasteiger partial charge < -0.3 is 15.2 Å². The summed E-state index contributed by atoms with van der Waals surface area (Å²) in [5.41, 5.74) is 0.635. The lowest BCUT2D eigenvalue weighted by atomic mass is 10.2. The van der Waals surface area contributed by atoms with Crippen LogP contribution in [0.3, 0.4) is 0 Å². The van der Waals surface area contributed by atoms with E-state index in [-0.39, 0.29) is 6.10 Å². The van der Waals surface area contributed by atoms with Gasteiger partial charge in [-0.3, -0.25) is 4.40 Å². The molecule has 100 valence electrons. The van der Waals surface area contributed by atoms with Crippen molar-refractivity contribution in [2.75, 3.05) is 11.9 Å². The number of hydrogen-bond acceptors (Lipinski definition) is 6. The Hall–Kier alpha value is -2.22. The van der Waals surface area contributed by atoms with Crippen molar-refractivity contribution in [3.05, 3.63) is 18.7 Å². The van der Waals surface area contributed by atoms with Crippen LogP contribution in [0.15, 0.2) is 18.7 Å². The number of carbonyl (C=O) groups is 1. The third-order valence-electron chi connectivity index (χ3n) is 3.10. The van der Waals surface area contributed by atoms with Crippen molar-refractivity contribution in [1.29, 1.82) is 0 Å². The lowest BCUT2D eigenvalue weighted by Crippen LogP contribution is -2.24. The summed E-state index contributed by atoms with van der Waals surface area (Å²) in [6, 6.07) is 0. The smallest absolute Gasteiger partial charge is 0.332 e.